The van der Waals surface area contributed by atoms with Gasteiger partial charge in [-0.3, -0.25) is 9.78 Å². The van der Waals surface area contributed by atoms with Gasteiger partial charge >= 0.3 is 0 Å². The van der Waals surface area contributed by atoms with E-state index in [1.165, 1.54) is 21.3 Å². The molecule has 1 aromatic carbocycles. The van der Waals surface area contributed by atoms with E-state index < -0.39 is 0 Å². The van der Waals surface area contributed by atoms with Crippen LogP contribution in [0, 0.1) is 0 Å². The Hall–Kier alpha value is -3.88. The first-order valence-corrected chi connectivity index (χ1v) is 8.72. The standard InChI is InChI=1S/C20H21N5O4/c1-27-15-10-14(11-16(28-2)19(15)29-3)20(26)23-18-5-4-17(24-25-18)22-12-13-6-8-21-9-7-13/h4-11H,12H2,1-3H3,(H,22,24)(H,23,25,26). The van der Waals surface area contributed by atoms with Crippen LogP contribution in [0.5, 0.6) is 17.2 Å². The number of amides is 1. The summed E-state index contributed by atoms with van der Waals surface area (Å²) in [6.07, 6.45) is 3.45. The van der Waals surface area contributed by atoms with Crippen LogP contribution in [0.3, 0.4) is 0 Å². The maximum Gasteiger partial charge on any atom is 0.257 e. The van der Waals surface area contributed by atoms with Gasteiger partial charge < -0.3 is 24.8 Å². The van der Waals surface area contributed by atoms with Gasteiger partial charge in [0, 0.05) is 24.5 Å². The average Bonchev–Trinajstić information content (AvgIpc) is 2.78. The van der Waals surface area contributed by atoms with Crippen LogP contribution in [0.25, 0.3) is 0 Å². The van der Waals surface area contributed by atoms with Gasteiger partial charge in [-0.25, -0.2) is 0 Å². The SMILES string of the molecule is COc1cc(C(=O)Nc2ccc(NCc3ccncc3)nn2)cc(OC)c1OC. The Bertz CT molecular complexity index is 939. The molecule has 0 atom stereocenters. The summed E-state index contributed by atoms with van der Waals surface area (Å²) in [5.74, 6) is 1.72. The van der Waals surface area contributed by atoms with Gasteiger partial charge in [0.15, 0.2) is 17.3 Å². The molecule has 150 valence electrons. The Labute approximate surface area is 168 Å². The number of anilines is 2. The third-order valence-corrected chi connectivity index (χ3v) is 4.06. The number of aromatic nitrogens is 3. The summed E-state index contributed by atoms with van der Waals surface area (Å²) in [4.78, 5) is 16.6. The van der Waals surface area contributed by atoms with Crippen molar-refractivity contribution < 1.29 is 19.0 Å². The second-order valence-electron chi connectivity index (χ2n) is 5.88. The fourth-order valence-electron chi connectivity index (χ4n) is 2.59. The zero-order valence-corrected chi connectivity index (χ0v) is 16.3. The van der Waals surface area contributed by atoms with E-state index in [0.717, 1.165) is 5.56 Å². The highest BCUT2D eigenvalue weighted by atomic mass is 16.5. The van der Waals surface area contributed by atoms with Crippen molar-refractivity contribution in [1.82, 2.24) is 15.2 Å². The maximum atomic E-state index is 12.6. The summed E-state index contributed by atoms with van der Waals surface area (Å²) in [5.41, 5.74) is 1.41. The number of hydrogen-bond donors (Lipinski definition) is 2. The lowest BCUT2D eigenvalue weighted by molar-refractivity contribution is 0.102. The molecule has 0 aliphatic rings. The van der Waals surface area contributed by atoms with Crippen LogP contribution in [-0.2, 0) is 6.54 Å². The fraction of sp³-hybridized carbons (Fsp3) is 0.200. The molecule has 0 unspecified atom stereocenters. The normalized spacial score (nSPS) is 10.2. The fourth-order valence-corrected chi connectivity index (χ4v) is 2.59. The molecule has 3 rings (SSSR count). The van der Waals surface area contributed by atoms with Gasteiger partial charge in [-0.05, 0) is 42.0 Å². The largest absolute Gasteiger partial charge is 0.493 e. The van der Waals surface area contributed by atoms with Crippen molar-refractivity contribution in [1.29, 1.82) is 0 Å². The third-order valence-electron chi connectivity index (χ3n) is 4.06. The van der Waals surface area contributed by atoms with Crippen molar-refractivity contribution in [3.63, 3.8) is 0 Å². The Morgan fingerprint density at radius 1 is 0.897 bits per heavy atom. The van der Waals surface area contributed by atoms with E-state index in [4.69, 9.17) is 14.2 Å². The lowest BCUT2D eigenvalue weighted by Crippen LogP contribution is -2.14. The minimum Gasteiger partial charge on any atom is -0.493 e. The molecule has 29 heavy (non-hydrogen) atoms. The first-order chi connectivity index (χ1) is 14.1. The topological polar surface area (TPSA) is 107 Å². The van der Waals surface area contributed by atoms with Crippen molar-refractivity contribution in [3.8, 4) is 17.2 Å². The minimum atomic E-state index is -0.379. The van der Waals surface area contributed by atoms with Crippen molar-refractivity contribution in [2.75, 3.05) is 32.0 Å². The Morgan fingerprint density at radius 3 is 2.07 bits per heavy atom. The molecule has 3 aromatic rings. The van der Waals surface area contributed by atoms with Gasteiger partial charge in [-0.1, -0.05) is 0 Å². The van der Waals surface area contributed by atoms with E-state index in [9.17, 15) is 4.79 Å². The number of nitrogens with one attached hydrogen (secondary N) is 2. The van der Waals surface area contributed by atoms with Gasteiger partial charge in [-0.2, -0.15) is 0 Å². The quantitative estimate of drug-likeness (QED) is 0.600. The number of rotatable bonds is 8. The summed E-state index contributed by atoms with van der Waals surface area (Å²) in [7, 11) is 4.48. The first kappa shape index (κ1) is 19.9. The molecule has 2 heterocycles. The zero-order valence-electron chi connectivity index (χ0n) is 16.3. The molecule has 0 spiro atoms. The highest BCUT2D eigenvalue weighted by Gasteiger charge is 2.17. The van der Waals surface area contributed by atoms with Crippen molar-refractivity contribution >= 4 is 17.5 Å². The monoisotopic (exact) mass is 395 g/mol. The van der Waals surface area contributed by atoms with E-state index in [1.54, 1.807) is 36.7 Å². The summed E-state index contributed by atoms with van der Waals surface area (Å²) in [6.45, 7) is 0.592. The molecule has 2 aromatic heterocycles. The van der Waals surface area contributed by atoms with Crippen LogP contribution in [-0.4, -0.2) is 42.4 Å². The number of benzene rings is 1. The van der Waals surface area contributed by atoms with E-state index >= 15 is 0 Å². The average molecular weight is 395 g/mol. The predicted molar refractivity (Wildman–Crippen MR) is 108 cm³/mol. The molecule has 0 bridgehead atoms. The number of carbonyl (C=O) groups excluding carboxylic acids is 1. The molecule has 1 amide bonds. The molecule has 0 saturated heterocycles. The number of ether oxygens (including phenoxy) is 3. The number of methoxy groups -OCH3 is 3. The van der Waals surface area contributed by atoms with E-state index in [0.29, 0.717) is 41.0 Å². The number of pyridine rings is 1. The molecule has 0 radical (unpaired) electrons. The van der Waals surface area contributed by atoms with E-state index in [1.807, 2.05) is 12.1 Å². The van der Waals surface area contributed by atoms with Crippen molar-refractivity contribution in [3.05, 3.63) is 59.9 Å². The number of carbonyl (C=O) groups is 1. The molecular weight excluding hydrogens is 374 g/mol. The van der Waals surface area contributed by atoms with Crippen LogP contribution in [0.15, 0.2) is 48.8 Å². The van der Waals surface area contributed by atoms with Gasteiger partial charge in [0.1, 0.15) is 5.82 Å². The Morgan fingerprint density at radius 2 is 1.52 bits per heavy atom. The van der Waals surface area contributed by atoms with Crippen LogP contribution in [0.4, 0.5) is 11.6 Å². The second-order valence-corrected chi connectivity index (χ2v) is 5.88. The Balaban J connectivity index is 1.67. The molecule has 9 heteroatoms. The van der Waals surface area contributed by atoms with Gasteiger partial charge in [0.2, 0.25) is 5.75 Å². The third kappa shape index (κ3) is 4.89. The Kier molecular flexibility index (Phi) is 6.41. The molecule has 0 saturated carbocycles. The zero-order chi connectivity index (χ0) is 20.6. The predicted octanol–water partition coefficient (Wildman–Crippen LogP) is 2.76. The van der Waals surface area contributed by atoms with Gasteiger partial charge in [0.05, 0.1) is 21.3 Å². The van der Waals surface area contributed by atoms with Gasteiger partial charge in [-0.15, -0.1) is 10.2 Å². The summed E-state index contributed by atoms with van der Waals surface area (Å²) < 4.78 is 15.8. The molecule has 0 fully saturated rings. The molecule has 0 aliphatic carbocycles. The summed E-state index contributed by atoms with van der Waals surface area (Å²) in [5, 5.41) is 14.0. The lowest BCUT2D eigenvalue weighted by atomic mass is 10.1. The van der Waals surface area contributed by atoms with Gasteiger partial charge in [0.25, 0.3) is 5.91 Å². The smallest absolute Gasteiger partial charge is 0.257 e. The highest BCUT2D eigenvalue weighted by molar-refractivity contribution is 6.04. The van der Waals surface area contributed by atoms with E-state index in [-0.39, 0.29) is 5.91 Å². The highest BCUT2D eigenvalue weighted by Crippen LogP contribution is 2.38. The van der Waals surface area contributed by atoms with Crippen LogP contribution in [0.2, 0.25) is 0 Å². The second kappa shape index (κ2) is 9.36. The summed E-state index contributed by atoms with van der Waals surface area (Å²) >= 11 is 0. The number of hydrogen-bond acceptors (Lipinski definition) is 8. The van der Waals surface area contributed by atoms with Crippen LogP contribution >= 0.6 is 0 Å². The maximum absolute atomic E-state index is 12.6. The van der Waals surface area contributed by atoms with Crippen LogP contribution < -0.4 is 24.8 Å². The molecule has 0 aliphatic heterocycles. The molecule has 2 N–H and O–H groups in total. The summed E-state index contributed by atoms with van der Waals surface area (Å²) in [6, 6.07) is 10.3. The van der Waals surface area contributed by atoms with E-state index in [2.05, 4.69) is 25.8 Å². The van der Waals surface area contributed by atoms with Crippen molar-refractivity contribution in [2.24, 2.45) is 0 Å². The number of nitrogens with zero attached hydrogens (tertiary/aromatic N) is 3. The minimum absolute atomic E-state index is 0.318. The van der Waals surface area contributed by atoms with Crippen molar-refractivity contribution in [2.45, 2.75) is 6.54 Å². The molecule has 9 nitrogen and oxygen atoms in total. The van der Waals surface area contributed by atoms with Crippen LogP contribution in [0.1, 0.15) is 15.9 Å². The lowest BCUT2D eigenvalue weighted by Gasteiger charge is -2.14. The molecular formula is C20H21N5O4. The first-order valence-electron chi connectivity index (χ1n) is 8.72.